The van der Waals surface area contributed by atoms with E-state index in [9.17, 15) is 13.2 Å². The summed E-state index contributed by atoms with van der Waals surface area (Å²) in [4.78, 5) is 1.24. The monoisotopic (exact) mass is 262 g/mol. The Labute approximate surface area is 104 Å². The van der Waals surface area contributed by atoms with Gasteiger partial charge in [0.25, 0.3) is 6.43 Å². The molecule has 0 amide bonds. The van der Waals surface area contributed by atoms with E-state index in [1.165, 1.54) is 23.1 Å². The normalized spacial score (nSPS) is 12.8. The highest BCUT2D eigenvalue weighted by Crippen LogP contribution is 2.28. The number of nitrogens with two attached hydrogens (primary N) is 1. The van der Waals surface area contributed by atoms with Gasteiger partial charge in [-0.15, -0.1) is 0 Å². The SMILES string of the molecule is C[C@H](N)c1c(F)cccc1N(CCO)CC(F)F. The van der Waals surface area contributed by atoms with Crippen molar-refractivity contribution in [1.29, 1.82) is 0 Å². The van der Waals surface area contributed by atoms with Crippen molar-refractivity contribution >= 4 is 5.69 Å². The van der Waals surface area contributed by atoms with Gasteiger partial charge in [-0.3, -0.25) is 0 Å². The molecule has 18 heavy (non-hydrogen) atoms. The van der Waals surface area contributed by atoms with Crippen LogP contribution < -0.4 is 10.6 Å². The Bertz CT molecular complexity index is 386. The third kappa shape index (κ3) is 3.61. The van der Waals surface area contributed by atoms with Gasteiger partial charge in [0, 0.05) is 23.8 Å². The molecule has 6 heteroatoms. The first-order valence-electron chi connectivity index (χ1n) is 5.65. The molecule has 0 radical (unpaired) electrons. The van der Waals surface area contributed by atoms with Crippen LogP contribution in [-0.2, 0) is 0 Å². The fraction of sp³-hybridized carbons (Fsp3) is 0.500. The van der Waals surface area contributed by atoms with Crippen LogP contribution >= 0.6 is 0 Å². The lowest BCUT2D eigenvalue weighted by Crippen LogP contribution is -2.33. The maximum atomic E-state index is 13.7. The van der Waals surface area contributed by atoms with Crippen LogP contribution in [0.5, 0.6) is 0 Å². The molecule has 1 rings (SSSR count). The minimum absolute atomic E-state index is 0.00745. The Morgan fingerprint density at radius 2 is 2.06 bits per heavy atom. The number of benzene rings is 1. The van der Waals surface area contributed by atoms with Crippen molar-refractivity contribution in [3.63, 3.8) is 0 Å². The zero-order chi connectivity index (χ0) is 13.7. The largest absolute Gasteiger partial charge is 0.395 e. The van der Waals surface area contributed by atoms with Gasteiger partial charge in [0.1, 0.15) is 5.82 Å². The Hall–Kier alpha value is -1.27. The summed E-state index contributed by atoms with van der Waals surface area (Å²) in [6.07, 6.45) is -2.57. The predicted molar refractivity (Wildman–Crippen MR) is 64.3 cm³/mol. The summed E-state index contributed by atoms with van der Waals surface area (Å²) in [6, 6.07) is 3.59. The molecule has 102 valence electrons. The smallest absolute Gasteiger partial charge is 0.255 e. The average Bonchev–Trinajstić information content (AvgIpc) is 2.27. The van der Waals surface area contributed by atoms with E-state index in [2.05, 4.69) is 0 Å². The van der Waals surface area contributed by atoms with Gasteiger partial charge in [-0.2, -0.15) is 0 Å². The lowest BCUT2D eigenvalue weighted by molar-refractivity contribution is 0.152. The zero-order valence-electron chi connectivity index (χ0n) is 10.1. The molecule has 0 spiro atoms. The van der Waals surface area contributed by atoms with E-state index in [0.29, 0.717) is 5.69 Å². The van der Waals surface area contributed by atoms with Crippen LogP contribution in [0.15, 0.2) is 18.2 Å². The van der Waals surface area contributed by atoms with Crippen molar-refractivity contribution in [2.24, 2.45) is 5.73 Å². The summed E-state index contributed by atoms with van der Waals surface area (Å²) in [5, 5.41) is 8.90. The molecule has 0 aliphatic carbocycles. The van der Waals surface area contributed by atoms with Gasteiger partial charge in [0.15, 0.2) is 0 Å². The van der Waals surface area contributed by atoms with E-state index in [0.717, 1.165) is 0 Å². The molecular formula is C12H17F3N2O. The minimum Gasteiger partial charge on any atom is -0.395 e. The topological polar surface area (TPSA) is 49.5 Å². The van der Waals surface area contributed by atoms with Crippen LogP contribution in [0.1, 0.15) is 18.5 Å². The Balaban J connectivity index is 3.14. The third-order valence-corrected chi connectivity index (χ3v) is 2.55. The molecule has 0 saturated heterocycles. The first-order chi connectivity index (χ1) is 8.47. The van der Waals surface area contributed by atoms with E-state index in [1.54, 1.807) is 6.92 Å². The van der Waals surface area contributed by atoms with Crippen molar-refractivity contribution in [2.45, 2.75) is 19.4 Å². The number of anilines is 1. The molecule has 1 atom stereocenters. The fourth-order valence-corrected chi connectivity index (χ4v) is 1.85. The van der Waals surface area contributed by atoms with Gasteiger partial charge in [0.05, 0.1) is 13.2 Å². The fourth-order valence-electron chi connectivity index (χ4n) is 1.85. The highest BCUT2D eigenvalue weighted by Gasteiger charge is 2.19. The molecule has 0 bridgehead atoms. The number of nitrogens with zero attached hydrogens (tertiary/aromatic N) is 1. The number of halogens is 3. The molecule has 0 saturated carbocycles. The first kappa shape index (κ1) is 14.8. The lowest BCUT2D eigenvalue weighted by Gasteiger charge is -2.27. The number of hydrogen-bond acceptors (Lipinski definition) is 3. The Kier molecular flexibility index (Phi) is 5.43. The van der Waals surface area contributed by atoms with Crippen LogP contribution in [0.25, 0.3) is 0 Å². The molecule has 0 unspecified atom stereocenters. The van der Waals surface area contributed by atoms with Gasteiger partial charge in [-0.1, -0.05) is 6.07 Å². The summed E-state index contributed by atoms with van der Waals surface area (Å²) in [6.45, 7) is 0.736. The maximum absolute atomic E-state index is 13.7. The van der Waals surface area contributed by atoms with Crippen molar-refractivity contribution in [3.8, 4) is 0 Å². The van der Waals surface area contributed by atoms with Crippen molar-refractivity contribution < 1.29 is 18.3 Å². The number of rotatable bonds is 6. The Morgan fingerprint density at radius 3 is 2.56 bits per heavy atom. The Morgan fingerprint density at radius 1 is 1.39 bits per heavy atom. The minimum atomic E-state index is -2.57. The van der Waals surface area contributed by atoms with Gasteiger partial charge in [0.2, 0.25) is 0 Å². The first-order valence-corrected chi connectivity index (χ1v) is 5.65. The number of aliphatic hydroxyl groups is 1. The molecule has 0 aromatic heterocycles. The van der Waals surface area contributed by atoms with Gasteiger partial charge in [-0.05, 0) is 19.1 Å². The standard InChI is InChI=1S/C12H17F3N2O/c1-8(16)12-9(13)3-2-4-10(12)17(5-6-18)7-11(14)15/h2-4,8,11,18H,5-7,16H2,1H3/t8-/m0/s1. The van der Waals surface area contributed by atoms with Crippen LogP contribution in [0, 0.1) is 5.82 Å². The van der Waals surface area contributed by atoms with Crippen LogP contribution in [0.2, 0.25) is 0 Å². The summed E-state index contributed by atoms with van der Waals surface area (Å²) >= 11 is 0. The molecule has 3 nitrogen and oxygen atoms in total. The highest BCUT2D eigenvalue weighted by atomic mass is 19.3. The molecule has 1 aromatic carbocycles. The second kappa shape index (κ2) is 6.61. The third-order valence-electron chi connectivity index (χ3n) is 2.55. The molecule has 0 heterocycles. The van der Waals surface area contributed by atoms with E-state index >= 15 is 0 Å². The molecule has 0 aliphatic rings. The predicted octanol–water partition coefficient (Wildman–Crippen LogP) is 1.91. The van der Waals surface area contributed by atoms with E-state index < -0.39 is 24.8 Å². The van der Waals surface area contributed by atoms with Crippen LogP contribution in [0.4, 0.5) is 18.9 Å². The average molecular weight is 262 g/mol. The van der Waals surface area contributed by atoms with Crippen molar-refractivity contribution in [2.75, 3.05) is 24.6 Å². The van der Waals surface area contributed by atoms with E-state index in [4.69, 9.17) is 10.8 Å². The summed E-state index contributed by atoms with van der Waals surface area (Å²) in [5.41, 5.74) is 6.16. The van der Waals surface area contributed by atoms with Gasteiger partial charge >= 0.3 is 0 Å². The van der Waals surface area contributed by atoms with E-state index in [1.807, 2.05) is 0 Å². The molecule has 3 N–H and O–H groups in total. The summed E-state index contributed by atoms with van der Waals surface area (Å²) < 4.78 is 38.6. The lowest BCUT2D eigenvalue weighted by atomic mass is 10.0. The second-order valence-corrected chi connectivity index (χ2v) is 4.02. The number of alkyl halides is 2. The summed E-state index contributed by atoms with van der Waals surface area (Å²) in [7, 11) is 0. The molecule has 0 fully saturated rings. The van der Waals surface area contributed by atoms with Gasteiger partial charge < -0.3 is 15.7 Å². The maximum Gasteiger partial charge on any atom is 0.255 e. The van der Waals surface area contributed by atoms with Crippen molar-refractivity contribution in [1.82, 2.24) is 0 Å². The molecule has 1 aromatic rings. The summed E-state index contributed by atoms with van der Waals surface area (Å²) in [5.74, 6) is -0.528. The van der Waals surface area contributed by atoms with E-state index in [-0.39, 0.29) is 18.7 Å². The molecular weight excluding hydrogens is 245 g/mol. The second-order valence-electron chi connectivity index (χ2n) is 4.02. The van der Waals surface area contributed by atoms with Crippen LogP contribution in [-0.4, -0.2) is 31.2 Å². The highest BCUT2D eigenvalue weighted by molar-refractivity contribution is 5.55. The van der Waals surface area contributed by atoms with Crippen LogP contribution in [0.3, 0.4) is 0 Å². The molecule has 0 aliphatic heterocycles. The van der Waals surface area contributed by atoms with Gasteiger partial charge in [-0.25, -0.2) is 13.2 Å². The zero-order valence-corrected chi connectivity index (χ0v) is 10.1. The van der Waals surface area contributed by atoms with Crippen molar-refractivity contribution in [3.05, 3.63) is 29.6 Å². The number of aliphatic hydroxyl groups excluding tert-OH is 1. The number of hydrogen-bond donors (Lipinski definition) is 2. The quantitative estimate of drug-likeness (QED) is 0.823.